The normalized spacial score (nSPS) is 18.2. The topological polar surface area (TPSA) is 79.5 Å². The zero-order valence-corrected chi connectivity index (χ0v) is 8.73. The second-order valence-electron chi connectivity index (χ2n) is 4.03. The molecule has 1 aromatic heterocycles. The van der Waals surface area contributed by atoms with E-state index in [1.807, 2.05) is 0 Å². The molecule has 2 rings (SSSR count). The third kappa shape index (κ3) is 1.80. The van der Waals surface area contributed by atoms with E-state index < -0.39 is 17.4 Å². The first kappa shape index (κ1) is 10.7. The van der Waals surface area contributed by atoms with Crippen LogP contribution in [0.3, 0.4) is 0 Å². The van der Waals surface area contributed by atoms with Crippen LogP contribution in [-0.4, -0.2) is 22.5 Å². The van der Waals surface area contributed by atoms with E-state index in [9.17, 15) is 9.59 Å². The summed E-state index contributed by atoms with van der Waals surface area (Å²) in [7, 11) is 0. The molecule has 0 spiro atoms. The fourth-order valence-corrected chi connectivity index (χ4v) is 2.06. The summed E-state index contributed by atoms with van der Waals surface area (Å²) in [6.07, 6.45) is 4.00. The van der Waals surface area contributed by atoms with Gasteiger partial charge in [0.2, 0.25) is 0 Å². The van der Waals surface area contributed by atoms with Gasteiger partial charge < -0.3 is 14.8 Å². The highest BCUT2D eigenvalue weighted by Crippen LogP contribution is 2.30. The minimum atomic E-state index is -1.11. The SMILES string of the molecule is O=C(NC1(C(=O)O)CCCC1)c1ccco1. The fraction of sp³-hybridized carbons (Fsp3) is 0.455. The number of furan rings is 1. The van der Waals surface area contributed by atoms with Gasteiger partial charge in [-0.1, -0.05) is 12.8 Å². The molecule has 1 aliphatic rings. The number of carbonyl (C=O) groups is 2. The minimum absolute atomic E-state index is 0.146. The molecule has 1 fully saturated rings. The van der Waals surface area contributed by atoms with Crippen LogP contribution in [0.15, 0.2) is 22.8 Å². The van der Waals surface area contributed by atoms with E-state index in [1.54, 1.807) is 6.07 Å². The van der Waals surface area contributed by atoms with Gasteiger partial charge in [0, 0.05) is 0 Å². The first-order valence-corrected chi connectivity index (χ1v) is 5.23. The Hall–Kier alpha value is -1.78. The molecule has 0 unspecified atom stereocenters. The molecule has 1 amide bonds. The zero-order chi connectivity index (χ0) is 11.6. The van der Waals surface area contributed by atoms with Crippen molar-refractivity contribution in [2.24, 2.45) is 0 Å². The molecule has 2 N–H and O–H groups in total. The van der Waals surface area contributed by atoms with Gasteiger partial charge >= 0.3 is 5.97 Å². The molecule has 0 saturated heterocycles. The first-order chi connectivity index (χ1) is 7.64. The summed E-state index contributed by atoms with van der Waals surface area (Å²) in [5.74, 6) is -1.29. The third-order valence-corrected chi connectivity index (χ3v) is 2.96. The van der Waals surface area contributed by atoms with E-state index in [1.165, 1.54) is 12.3 Å². The number of rotatable bonds is 3. The molecule has 5 nitrogen and oxygen atoms in total. The lowest BCUT2D eigenvalue weighted by molar-refractivity contribution is -0.144. The number of carboxylic acids is 1. The van der Waals surface area contributed by atoms with Gasteiger partial charge in [-0.05, 0) is 25.0 Å². The van der Waals surface area contributed by atoms with Crippen LogP contribution in [0.5, 0.6) is 0 Å². The highest BCUT2D eigenvalue weighted by atomic mass is 16.4. The molecule has 16 heavy (non-hydrogen) atoms. The molecule has 86 valence electrons. The van der Waals surface area contributed by atoms with Crippen LogP contribution in [0, 0.1) is 0 Å². The molecule has 0 bridgehead atoms. The summed E-state index contributed by atoms with van der Waals surface area (Å²) >= 11 is 0. The van der Waals surface area contributed by atoms with Crippen molar-refractivity contribution in [1.82, 2.24) is 5.32 Å². The molecule has 1 heterocycles. The molecule has 1 aromatic rings. The molecule has 1 aliphatic carbocycles. The van der Waals surface area contributed by atoms with Gasteiger partial charge in [-0.25, -0.2) is 4.79 Å². The van der Waals surface area contributed by atoms with E-state index in [4.69, 9.17) is 9.52 Å². The average molecular weight is 223 g/mol. The van der Waals surface area contributed by atoms with Crippen LogP contribution in [-0.2, 0) is 4.79 Å². The van der Waals surface area contributed by atoms with E-state index in [2.05, 4.69) is 5.32 Å². The molecular weight excluding hydrogens is 210 g/mol. The zero-order valence-electron chi connectivity index (χ0n) is 8.73. The van der Waals surface area contributed by atoms with Gasteiger partial charge in [-0.2, -0.15) is 0 Å². The Kier molecular flexibility index (Phi) is 2.68. The van der Waals surface area contributed by atoms with Crippen LogP contribution >= 0.6 is 0 Å². The van der Waals surface area contributed by atoms with Crippen molar-refractivity contribution in [3.8, 4) is 0 Å². The highest BCUT2D eigenvalue weighted by Gasteiger charge is 2.43. The largest absolute Gasteiger partial charge is 0.480 e. The first-order valence-electron chi connectivity index (χ1n) is 5.23. The van der Waals surface area contributed by atoms with Crippen molar-refractivity contribution < 1.29 is 19.1 Å². The third-order valence-electron chi connectivity index (χ3n) is 2.96. The molecule has 0 radical (unpaired) electrons. The van der Waals surface area contributed by atoms with Gasteiger partial charge in [0.1, 0.15) is 5.54 Å². The Morgan fingerprint density at radius 2 is 2.06 bits per heavy atom. The van der Waals surface area contributed by atoms with E-state index in [-0.39, 0.29) is 5.76 Å². The lowest BCUT2D eigenvalue weighted by Gasteiger charge is -2.24. The van der Waals surface area contributed by atoms with E-state index in [0.29, 0.717) is 12.8 Å². The Bertz CT molecular complexity index is 390. The van der Waals surface area contributed by atoms with Gasteiger partial charge in [0.05, 0.1) is 6.26 Å². The van der Waals surface area contributed by atoms with Gasteiger partial charge in [0.25, 0.3) is 5.91 Å². The lowest BCUT2D eigenvalue weighted by atomic mass is 9.98. The average Bonchev–Trinajstić information content (AvgIpc) is 2.88. The lowest BCUT2D eigenvalue weighted by Crippen LogP contribution is -2.52. The number of hydrogen-bond donors (Lipinski definition) is 2. The second kappa shape index (κ2) is 4.00. The van der Waals surface area contributed by atoms with Crippen molar-refractivity contribution in [1.29, 1.82) is 0 Å². The van der Waals surface area contributed by atoms with Crippen LogP contribution < -0.4 is 5.32 Å². The molecule has 0 aromatic carbocycles. The van der Waals surface area contributed by atoms with Crippen molar-refractivity contribution in [2.75, 3.05) is 0 Å². The van der Waals surface area contributed by atoms with Gasteiger partial charge in [-0.15, -0.1) is 0 Å². The van der Waals surface area contributed by atoms with Crippen molar-refractivity contribution in [3.63, 3.8) is 0 Å². The number of hydrogen-bond acceptors (Lipinski definition) is 3. The molecule has 0 atom stereocenters. The Labute approximate surface area is 92.4 Å². The Morgan fingerprint density at radius 1 is 1.38 bits per heavy atom. The fourth-order valence-electron chi connectivity index (χ4n) is 2.06. The number of carboxylic acid groups (broad SMARTS) is 1. The van der Waals surface area contributed by atoms with E-state index >= 15 is 0 Å². The standard InChI is InChI=1S/C11H13NO4/c13-9(8-4-3-7-16-8)12-11(10(14)15)5-1-2-6-11/h3-4,7H,1-2,5-6H2,(H,12,13)(H,14,15). The van der Waals surface area contributed by atoms with Gasteiger partial charge in [0.15, 0.2) is 5.76 Å². The summed E-state index contributed by atoms with van der Waals surface area (Å²) in [6.45, 7) is 0. The monoisotopic (exact) mass is 223 g/mol. The molecule has 0 aliphatic heterocycles. The van der Waals surface area contributed by atoms with E-state index in [0.717, 1.165) is 12.8 Å². The second-order valence-corrected chi connectivity index (χ2v) is 4.03. The predicted octanol–water partition coefficient (Wildman–Crippen LogP) is 1.41. The van der Waals surface area contributed by atoms with Crippen molar-refractivity contribution in [2.45, 2.75) is 31.2 Å². The minimum Gasteiger partial charge on any atom is -0.480 e. The van der Waals surface area contributed by atoms with Crippen LogP contribution in [0.4, 0.5) is 0 Å². The van der Waals surface area contributed by atoms with Crippen LogP contribution in [0.25, 0.3) is 0 Å². The maximum Gasteiger partial charge on any atom is 0.329 e. The molecule has 1 saturated carbocycles. The quantitative estimate of drug-likeness (QED) is 0.811. The maximum atomic E-state index is 11.7. The number of nitrogens with one attached hydrogen (secondary N) is 1. The summed E-state index contributed by atoms with van der Waals surface area (Å²) in [4.78, 5) is 22.9. The smallest absolute Gasteiger partial charge is 0.329 e. The van der Waals surface area contributed by atoms with Gasteiger partial charge in [-0.3, -0.25) is 4.79 Å². The number of amides is 1. The maximum absolute atomic E-state index is 11.7. The van der Waals surface area contributed by atoms with Crippen molar-refractivity contribution in [3.05, 3.63) is 24.2 Å². The van der Waals surface area contributed by atoms with Crippen LogP contribution in [0.1, 0.15) is 36.2 Å². The summed E-state index contributed by atoms with van der Waals surface area (Å²) in [6, 6.07) is 3.11. The Balaban J connectivity index is 2.13. The van der Waals surface area contributed by atoms with Crippen molar-refractivity contribution >= 4 is 11.9 Å². The highest BCUT2D eigenvalue weighted by molar-refractivity contribution is 5.95. The predicted molar refractivity (Wildman–Crippen MR) is 55.0 cm³/mol. The summed E-state index contributed by atoms with van der Waals surface area (Å²) in [5, 5.41) is 11.7. The van der Waals surface area contributed by atoms with Crippen LogP contribution in [0.2, 0.25) is 0 Å². The molecule has 5 heteroatoms. The summed E-state index contributed by atoms with van der Waals surface area (Å²) < 4.78 is 4.93. The number of aliphatic carboxylic acids is 1. The summed E-state index contributed by atoms with van der Waals surface area (Å²) in [5.41, 5.74) is -1.11. The number of carbonyl (C=O) groups excluding carboxylic acids is 1. The molecular formula is C11H13NO4. The Morgan fingerprint density at radius 3 is 2.56 bits per heavy atom.